The number of hydrogen-bond donors (Lipinski definition) is 1. The summed E-state index contributed by atoms with van der Waals surface area (Å²) in [5, 5.41) is 16.0. The molecule has 0 unspecified atom stereocenters. The van der Waals surface area contributed by atoms with E-state index in [0.29, 0.717) is 10.6 Å². The Labute approximate surface area is 182 Å². The van der Waals surface area contributed by atoms with E-state index in [4.69, 9.17) is 4.74 Å². The van der Waals surface area contributed by atoms with Crippen LogP contribution in [-0.2, 0) is 17.6 Å². The average molecular weight is 436 g/mol. The molecule has 158 valence electrons. The van der Waals surface area contributed by atoms with E-state index in [-0.39, 0.29) is 16.8 Å². The Morgan fingerprint density at radius 1 is 1.10 bits per heavy atom. The van der Waals surface area contributed by atoms with Crippen LogP contribution in [0.3, 0.4) is 0 Å². The van der Waals surface area contributed by atoms with Gasteiger partial charge < -0.3 is 10.1 Å². The number of aryl methyl sites for hydroxylation is 2. The van der Waals surface area contributed by atoms with Crippen molar-refractivity contribution < 1.29 is 19.2 Å². The molecule has 1 amide bonds. The highest BCUT2D eigenvalue weighted by Crippen LogP contribution is 2.38. The molecule has 0 radical (unpaired) electrons. The maximum Gasteiger partial charge on any atom is 0.341 e. The Kier molecular flexibility index (Phi) is 5.81. The van der Waals surface area contributed by atoms with E-state index < -0.39 is 16.8 Å². The maximum atomic E-state index is 12.8. The van der Waals surface area contributed by atoms with Crippen molar-refractivity contribution in [3.8, 4) is 11.1 Å². The average Bonchev–Trinajstić information content (AvgIpc) is 3.21. The van der Waals surface area contributed by atoms with Crippen molar-refractivity contribution in [1.29, 1.82) is 0 Å². The van der Waals surface area contributed by atoms with Crippen molar-refractivity contribution in [3.05, 3.63) is 80.2 Å². The number of carbonyl (C=O) groups excluding carboxylic acids is 2. The normalized spacial score (nSPS) is 12.7. The van der Waals surface area contributed by atoms with Crippen LogP contribution in [0.4, 0.5) is 10.7 Å². The van der Waals surface area contributed by atoms with E-state index in [2.05, 4.69) is 17.4 Å². The summed E-state index contributed by atoms with van der Waals surface area (Å²) in [6, 6.07) is 11.9. The first kappa shape index (κ1) is 20.7. The van der Waals surface area contributed by atoms with Gasteiger partial charge in [-0.05, 0) is 48.4 Å². The zero-order valence-corrected chi connectivity index (χ0v) is 17.7. The van der Waals surface area contributed by atoms with E-state index in [1.54, 1.807) is 11.4 Å². The molecule has 2 aromatic carbocycles. The lowest BCUT2D eigenvalue weighted by molar-refractivity contribution is -0.385. The van der Waals surface area contributed by atoms with E-state index >= 15 is 0 Å². The highest BCUT2D eigenvalue weighted by Gasteiger charge is 2.26. The number of nitro groups is 1. The first-order valence-electron chi connectivity index (χ1n) is 9.86. The zero-order valence-electron chi connectivity index (χ0n) is 16.8. The Balaban J connectivity index is 1.72. The Morgan fingerprint density at radius 3 is 2.58 bits per heavy atom. The third-order valence-electron chi connectivity index (χ3n) is 5.41. The Bertz CT molecular complexity index is 1180. The summed E-state index contributed by atoms with van der Waals surface area (Å²) in [6.07, 6.45) is 4.38. The van der Waals surface area contributed by atoms with Crippen LogP contribution in [0.15, 0.2) is 47.8 Å². The fourth-order valence-electron chi connectivity index (χ4n) is 3.86. The minimum Gasteiger partial charge on any atom is -0.465 e. The molecule has 1 aliphatic carbocycles. The molecule has 3 aromatic rings. The predicted molar refractivity (Wildman–Crippen MR) is 119 cm³/mol. The second kappa shape index (κ2) is 8.69. The van der Waals surface area contributed by atoms with Crippen LogP contribution >= 0.6 is 11.3 Å². The van der Waals surface area contributed by atoms with Gasteiger partial charge in [-0.1, -0.05) is 30.3 Å². The van der Waals surface area contributed by atoms with Crippen LogP contribution in [0.2, 0.25) is 0 Å². The smallest absolute Gasteiger partial charge is 0.341 e. The number of nitro benzene ring substituents is 1. The van der Waals surface area contributed by atoms with Gasteiger partial charge in [-0.3, -0.25) is 14.9 Å². The molecule has 0 aliphatic heterocycles. The molecule has 1 aromatic heterocycles. The number of esters is 1. The zero-order chi connectivity index (χ0) is 22.0. The molecule has 0 saturated heterocycles. The molecule has 4 rings (SSSR count). The van der Waals surface area contributed by atoms with Gasteiger partial charge in [-0.2, -0.15) is 0 Å². The molecule has 7 nitrogen and oxygen atoms in total. The third kappa shape index (κ3) is 4.06. The number of carbonyl (C=O) groups is 2. The van der Waals surface area contributed by atoms with Crippen LogP contribution in [0.5, 0.6) is 0 Å². The number of amides is 1. The van der Waals surface area contributed by atoms with Crippen molar-refractivity contribution in [2.24, 2.45) is 0 Å². The number of thiophene rings is 1. The standard InChI is InChI=1S/C23H20N2O5S/c1-30-23(27)20-18(16-11-10-14-6-2-3-7-15(14)12-16)13-31-22(20)24-21(26)17-8-4-5-9-19(17)25(28)29/h4-5,8-13H,2-3,6-7H2,1H3,(H,24,26). The number of ether oxygens (including phenoxy) is 1. The van der Waals surface area contributed by atoms with E-state index in [9.17, 15) is 19.7 Å². The third-order valence-corrected chi connectivity index (χ3v) is 6.31. The fourth-order valence-corrected chi connectivity index (χ4v) is 4.82. The lowest BCUT2D eigenvalue weighted by Crippen LogP contribution is -2.15. The van der Waals surface area contributed by atoms with Gasteiger partial charge in [0.1, 0.15) is 16.1 Å². The number of nitrogens with one attached hydrogen (secondary N) is 1. The van der Waals surface area contributed by atoms with Gasteiger partial charge in [0.05, 0.1) is 12.0 Å². The summed E-state index contributed by atoms with van der Waals surface area (Å²) in [5.74, 6) is -1.23. The van der Waals surface area contributed by atoms with Gasteiger partial charge >= 0.3 is 5.97 Å². The van der Waals surface area contributed by atoms with E-state index in [0.717, 1.165) is 24.8 Å². The topological polar surface area (TPSA) is 98.5 Å². The second-order valence-corrected chi connectivity index (χ2v) is 8.14. The monoisotopic (exact) mass is 436 g/mol. The molecule has 31 heavy (non-hydrogen) atoms. The van der Waals surface area contributed by atoms with Crippen molar-refractivity contribution in [3.63, 3.8) is 0 Å². The van der Waals surface area contributed by atoms with Gasteiger partial charge in [0.15, 0.2) is 0 Å². The van der Waals surface area contributed by atoms with Crippen LogP contribution in [0.1, 0.15) is 44.7 Å². The number of fused-ring (bicyclic) bond motifs is 1. The molecule has 1 heterocycles. The second-order valence-electron chi connectivity index (χ2n) is 7.26. The molecule has 1 aliphatic rings. The molecular weight excluding hydrogens is 416 g/mol. The van der Waals surface area contributed by atoms with E-state index in [1.165, 1.54) is 54.2 Å². The SMILES string of the molecule is COC(=O)c1c(-c2ccc3c(c2)CCCC3)csc1NC(=O)c1ccccc1[N+](=O)[O-]. The van der Waals surface area contributed by atoms with Crippen LogP contribution in [0, 0.1) is 10.1 Å². The highest BCUT2D eigenvalue weighted by atomic mass is 32.1. The van der Waals surface area contributed by atoms with Crippen LogP contribution in [0.25, 0.3) is 11.1 Å². The summed E-state index contributed by atoms with van der Waals surface area (Å²) in [5.41, 5.74) is 4.02. The quantitative estimate of drug-likeness (QED) is 0.335. The van der Waals surface area contributed by atoms with Gasteiger partial charge in [-0.15, -0.1) is 11.3 Å². The fraction of sp³-hybridized carbons (Fsp3) is 0.217. The van der Waals surface area contributed by atoms with Crippen molar-refractivity contribution >= 4 is 33.9 Å². The van der Waals surface area contributed by atoms with Gasteiger partial charge in [-0.25, -0.2) is 4.79 Å². The lowest BCUT2D eigenvalue weighted by atomic mass is 9.89. The van der Waals surface area contributed by atoms with Crippen molar-refractivity contribution in [2.45, 2.75) is 25.7 Å². The lowest BCUT2D eigenvalue weighted by Gasteiger charge is -2.16. The van der Waals surface area contributed by atoms with Gasteiger partial charge in [0.25, 0.3) is 11.6 Å². The minimum absolute atomic E-state index is 0.0768. The summed E-state index contributed by atoms with van der Waals surface area (Å²) in [6.45, 7) is 0. The molecule has 0 atom stereocenters. The van der Waals surface area contributed by atoms with Crippen molar-refractivity contribution in [1.82, 2.24) is 0 Å². The van der Waals surface area contributed by atoms with E-state index in [1.807, 2.05) is 6.07 Å². The van der Waals surface area contributed by atoms with Gasteiger partial charge in [0, 0.05) is 17.0 Å². The summed E-state index contributed by atoms with van der Waals surface area (Å²) < 4.78 is 4.97. The summed E-state index contributed by atoms with van der Waals surface area (Å²) in [4.78, 5) is 36.0. The number of anilines is 1. The molecule has 0 bridgehead atoms. The molecule has 8 heteroatoms. The van der Waals surface area contributed by atoms with Gasteiger partial charge in [0.2, 0.25) is 0 Å². The minimum atomic E-state index is -0.656. The number of rotatable bonds is 5. The van der Waals surface area contributed by atoms with Crippen LogP contribution < -0.4 is 5.32 Å². The predicted octanol–water partition coefficient (Wildman–Crippen LogP) is 5.24. The first-order valence-corrected chi connectivity index (χ1v) is 10.7. The molecule has 0 fully saturated rings. The molecule has 0 spiro atoms. The first-order chi connectivity index (χ1) is 15.0. The number of benzene rings is 2. The van der Waals surface area contributed by atoms with Crippen LogP contribution in [-0.4, -0.2) is 23.9 Å². The molecular formula is C23H20N2O5S. The highest BCUT2D eigenvalue weighted by molar-refractivity contribution is 7.15. The largest absolute Gasteiger partial charge is 0.465 e. The molecule has 1 N–H and O–H groups in total. The maximum absolute atomic E-state index is 12.8. The summed E-state index contributed by atoms with van der Waals surface area (Å²) >= 11 is 1.19. The number of para-hydroxylation sites is 1. The molecule has 0 saturated carbocycles. The Hall–Kier alpha value is -3.52. The summed E-state index contributed by atoms with van der Waals surface area (Å²) in [7, 11) is 1.28. The number of hydrogen-bond acceptors (Lipinski definition) is 6. The number of methoxy groups -OCH3 is 1. The van der Waals surface area contributed by atoms with Crippen molar-refractivity contribution in [2.75, 3.05) is 12.4 Å². The Morgan fingerprint density at radius 2 is 1.84 bits per heavy atom. The number of nitrogens with zero attached hydrogens (tertiary/aromatic N) is 1.